The molecular weight excluding hydrogens is 236 g/mol. The molecule has 0 aromatic rings. The van der Waals surface area contributed by atoms with E-state index in [4.69, 9.17) is 5.11 Å². The average molecular weight is 244 g/mol. The van der Waals surface area contributed by atoms with Crippen LogP contribution in [-0.2, 0) is 21.1 Å². The minimum atomic E-state index is 0. The van der Waals surface area contributed by atoms with Gasteiger partial charge < -0.3 is 12.0 Å². The van der Waals surface area contributed by atoms with Crippen molar-refractivity contribution in [2.75, 3.05) is 0 Å². The van der Waals surface area contributed by atoms with E-state index in [1.807, 2.05) is 0 Å². The van der Waals surface area contributed by atoms with Crippen molar-refractivity contribution < 1.29 is 26.2 Å². The van der Waals surface area contributed by atoms with Crippen LogP contribution in [0, 0.1) is 14.0 Å². The summed E-state index contributed by atoms with van der Waals surface area (Å²) in [6.45, 7) is 5.00. The number of rotatable bonds is 0. The molecule has 32 valence electrons. The van der Waals surface area contributed by atoms with E-state index in [9.17, 15) is 0 Å². The predicted molar refractivity (Wildman–Crippen MR) is 18.3 cm³/mol. The summed E-state index contributed by atoms with van der Waals surface area (Å²) in [6, 6.07) is 0. The first-order valence-corrected chi connectivity index (χ1v) is 1.02. The Kier molecular flexibility index (Phi) is 512. The minimum Gasteiger partial charge on any atom is -0.569 e. The zero-order chi connectivity index (χ0) is 4.00. The van der Waals surface area contributed by atoms with Crippen LogP contribution in [0.2, 0.25) is 0 Å². The third-order valence-electron chi connectivity index (χ3n) is 0. The molecule has 0 bridgehead atoms. The zero-order valence-electron chi connectivity index (χ0n) is 3.27. The first-order chi connectivity index (χ1) is 2.00. The maximum Gasteiger partial charge on any atom is 2.00 e. The van der Waals surface area contributed by atoms with Crippen LogP contribution in [0.3, 0.4) is 0 Å². The molecule has 0 fully saturated rings. The van der Waals surface area contributed by atoms with E-state index < -0.39 is 0 Å². The Labute approximate surface area is 47.7 Å². The molecule has 0 radical (unpaired) electrons. The largest absolute Gasteiger partial charge is 2.00 e. The summed E-state index contributed by atoms with van der Waals surface area (Å²) in [4.78, 5) is 0. The van der Waals surface area contributed by atoms with Gasteiger partial charge in [-0.1, -0.05) is 0 Å². The Morgan fingerprint density at radius 3 is 1.20 bits per heavy atom. The molecule has 0 saturated heterocycles. The fourth-order valence-electron chi connectivity index (χ4n) is 0. The fourth-order valence-corrected chi connectivity index (χ4v) is 0. The maximum atomic E-state index is 6.75. The van der Waals surface area contributed by atoms with Crippen molar-refractivity contribution in [3.05, 3.63) is 14.0 Å². The van der Waals surface area contributed by atoms with Crippen LogP contribution in [-0.4, -0.2) is 5.11 Å². The van der Waals surface area contributed by atoms with Crippen molar-refractivity contribution in [1.82, 2.24) is 0 Å². The Hall–Kier alpha value is 0.648. The van der Waals surface area contributed by atoms with Gasteiger partial charge in [-0.15, -0.1) is 0 Å². The molecule has 0 heterocycles. The maximum absolute atomic E-state index is 6.75. The van der Waals surface area contributed by atoms with Crippen LogP contribution in [0.15, 0.2) is 0 Å². The van der Waals surface area contributed by atoms with E-state index in [0.717, 1.165) is 0 Å². The van der Waals surface area contributed by atoms with Crippen molar-refractivity contribution in [1.29, 1.82) is 0 Å². The van der Waals surface area contributed by atoms with Gasteiger partial charge in [0.2, 0.25) is 0 Å². The third kappa shape index (κ3) is 77.6. The molecule has 0 saturated carbocycles. The van der Waals surface area contributed by atoms with Gasteiger partial charge in [0.15, 0.2) is 0 Å². The molecular formula is C3H8OW. The van der Waals surface area contributed by atoms with E-state index in [0.29, 0.717) is 0 Å². The van der Waals surface area contributed by atoms with Crippen LogP contribution >= 0.6 is 0 Å². The molecule has 0 spiro atoms. The molecule has 1 nitrogen and oxygen atoms in total. The SMILES string of the molecule is [CH2-]C.[CH2-]O.[W+2]. The standard InChI is InChI=1S/C2H5.CH3O.W/c2*1-2;/h1H2,2H3;2H,1H2;/q2*-1;+2. The second-order valence-corrected chi connectivity index (χ2v) is 0. The van der Waals surface area contributed by atoms with Gasteiger partial charge in [0.1, 0.15) is 0 Å². The Bertz CT molecular complexity index is 6.85. The van der Waals surface area contributed by atoms with Crippen LogP contribution < -0.4 is 0 Å². The van der Waals surface area contributed by atoms with E-state index in [-0.39, 0.29) is 21.1 Å². The summed E-state index contributed by atoms with van der Waals surface area (Å²) in [7, 11) is 2.25. The van der Waals surface area contributed by atoms with Gasteiger partial charge in [-0.2, -0.15) is 6.92 Å². The van der Waals surface area contributed by atoms with E-state index >= 15 is 0 Å². The Balaban J connectivity index is -0.0000000133. The van der Waals surface area contributed by atoms with Gasteiger partial charge >= 0.3 is 21.1 Å². The second kappa shape index (κ2) is 147. The first-order valence-electron chi connectivity index (χ1n) is 1.02. The van der Waals surface area contributed by atoms with E-state index in [1.54, 1.807) is 6.92 Å². The van der Waals surface area contributed by atoms with Crippen molar-refractivity contribution >= 4 is 0 Å². The van der Waals surface area contributed by atoms with Gasteiger partial charge in [0, 0.05) is 0 Å². The van der Waals surface area contributed by atoms with Crippen LogP contribution in [0.4, 0.5) is 0 Å². The molecule has 0 aliphatic heterocycles. The third-order valence-corrected chi connectivity index (χ3v) is 0. The Morgan fingerprint density at radius 1 is 1.20 bits per heavy atom. The summed E-state index contributed by atoms with van der Waals surface area (Å²) >= 11 is 0. The average Bonchev–Trinajstić information content (AvgIpc) is 1.50. The number of aliphatic hydroxyl groups excluding tert-OH is 1. The van der Waals surface area contributed by atoms with E-state index in [1.165, 1.54) is 0 Å². The molecule has 0 unspecified atom stereocenters. The molecule has 1 N–H and O–H groups in total. The summed E-state index contributed by atoms with van der Waals surface area (Å²) in [5.41, 5.74) is 0. The smallest absolute Gasteiger partial charge is 0.569 e. The fraction of sp³-hybridized carbons (Fsp3) is 0.333. The minimum absolute atomic E-state index is 0. The van der Waals surface area contributed by atoms with Crippen LogP contribution in [0.1, 0.15) is 6.92 Å². The van der Waals surface area contributed by atoms with Gasteiger partial charge in [-0.05, 0) is 0 Å². The normalized spacial score (nSPS) is 2.40. The molecule has 0 aliphatic rings. The van der Waals surface area contributed by atoms with Crippen molar-refractivity contribution in [3.63, 3.8) is 0 Å². The summed E-state index contributed by atoms with van der Waals surface area (Å²) < 4.78 is 0. The molecule has 0 rings (SSSR count). The molecule has 0 aromatic carbocycles. The summed E-state index contributed by atoms with van der Waals surface area (Å²) in [6.07, 6.45) is 0. The summed E-state index contributed by atoms with van der Waals surface area (Å²) in [5.74, 6) is 0. The van der Waals surface area contributed by atoms with Gasteiger partial charge in [0.05, 0.1) is 0 Å². The van der Waals surface area contributed by atoms with Crippen molar-refractivity contribution in [3.8, 4) is 0 Å². The zero-order valence-corrected chi connectivity index (χ0v) is 6.20. The molecule has 2 heteroatoms. The molecule has 0 aromatic heterocycles. The van der Waals surface area contributed by atoms with Crippen molar-refractivity contribution in [2.24, 2.45) is 0 Å². The van der Waals surface area contributed by atoms with Gasteiger partial charge in [-0.25, -0.2) is 7.11 Å². The van der Waals surface area contributed by atoms with Gasteiger partial charge in [0.25, 0.3) is 0 Å². The van der Waals surface area contributed by atoms with E-state index in [2.05, 4.69) is 14.0 Å². The second-order valence-electron chi connectivity index (χ2n) is 0. The monoisotopic (exact) mass is 244 g/mol. The van der Waals surface area contributed by atoms with Crippen LogP contribution in [0.25, 0.3) is 0 Å². The predicted octanol–water partition coefficient (Wildman–Crippen LogP) is 0.988. The van der Waals surface area contributed by atoms with Crippen LogP contribution in [0.5, 0.6) is 0 Å². The van der Waals surface area contributed by atoms with Gasteiger partial charge in [-0.3, -0.25) is 0 Å². The Morgan fingerprint density at radius 2 is 1.20 bits per heavy atom. The molecule has 0 aliphatic carbocycles. The first kappa shape index (κ1) is 17.4. The molecule has 0 atom stereocenters. The quantitative estimate of drug-likeness (QED) is 0.630. The number of aliphatic hydroxyl groups is 1. The number of hydrogen-bond donors (Lipinski definition) is 1. The molecule has 5 heavy (non-hydrogen) atoms. The topological polar surface area (TPSA) is 20.2 Å². The molecule has 0 amide bonds. The number of hydrogen-bond acceptors (Lipinski definition) is 1. The van der Waals surface area contributed by atoms with Crippen molar-refractivity contribution in [2.45, 2.75) is 6.92 Å². The summed E-state index contributed by atoms with van der Waals surface area (Å²) in [5, 5.41) is 6.75.